The molecule has 1 rings (SSSR count). The highest BCUT2D eigenvalue weighted by Gasteiger charge is 1.94. The van der Waals surface area contributed by atoms with Crippen molar-refractivity contribution in [1.29, 1.82) is 0 Å². The van der Waals surface area contributed by atoms with Gasteiger partial charge in [-0.25, -0.2) is 0 Å². The quantitative estimate of drug-likeness (QED) is 0.580. The summed E-state index contributed by atoms with van der Waals surface area (Å²) in [7, 11) is 0. The van der Waals surface area contributed by atoms with E-state index in [4.69, 9.17) is 0 Å². The summed E-state index contributed by atoms with van der Waals surface area (Å²) < 4.78 is 0. The first-order valence-corrected chi connectivity index (χ1v) is 3.65. The number of rotatable bonds is 2. The molecule has 0 heterocycles. The van der Waals surface area contributed by atoms with Gasteiger partial charge in [0.1, 0.15) is 0 Å². The van der Waals surface area contributed by atoms with E-state index in [9.17, 15) is 0 Å². The van der Waals surface area contributed by atoms with Gasteiger partial charge in [-0.15, -0.1) is 0 Å². The second-order valence-electron chi connectivity index (χ2n) is 2.94. The van der Waals surface area contributed by atoms with E-state index in [2.05, 4.69) is 32.0 Å². The predicted molar refractivity (Wildman–Crippen MR) is 42.7 cm³/mol. The van der Waals surface area contributed by atoms with Gasteiger partial charge in [-0.05, 0) is 30.0 Å². The van der Waals surface area contributed by atoms with Gasteiger partial charge >= 0.3 is 0 Å². The molecule has 2 radical (unpaired) electrons. The molecule has 0 saturated carbocycles. The molecule has 0 fully saturated rings. The third kappa shape index (κ3) is 2.22. The molecule has 0 saturated heterocycles. The Labute approximate surface area is 62.9 Å². The van der Waals surface area contributed by atoms with E-state index in [0.29, 0.717) is 0 Å². The first-order chi connectivity index (χ1) is 4.79. The second kappa shape index (κ2) is 3.40. The predicted octanol–water partition coefficient (Wildman–Crippen LogP) is 2.49. The highest BCUT2D eigenvalue weighted by atomic mass is 14.0. The summed E-state index contributed by atoms with van der Waals surface area (Å²) in [6, 6.07) is 11.8. The van der Waals surface area contributed by atoms with Crippen LogP contribution in [0.4, 0.5) is 0 Å². The highest BCUT2D eigenvalue weighted by molar-refractivity contribution is 5.13. The van der Waals surface area contributed by atoms with Gasteiger partial charge in [-0.1, -0.05) is 32.0 Å². The highest BCUT2D eigenvalue weighted by Crippen LogP contribution is 2.05. The SMILES string of the molecule is CC(C)Cc1c[c][c]cc1. The maximum absolute atomic E-state index is 2.94. The van der Waals surface area contributed by atoms with Gasteiger partial charge in [0.2, 0.25) is 0 Å². The minimum Gasteiger partial charge on any atom is -0.0625 e. The van der Waals surface area contributed by atoms with Crippen LogP contribution >= 0.6 is 0 Å². The zero-order chi connectivity index (χ0) is 7.40. The summed E-state index contributed by atoms with van der Waals surface area (Å²) in [4.78, 5) is 0. The van der Waals surface area contributed by atoms with Crippen LogP contribution in [-0.4, -0.2) is 0 Å². The first kappa shape index (κ1) is 7.33. The number of benzene rings is 1. The molecule has 0 aliphatic rings. The van der Waals surface area contributed by atoms with Crippen LogP contribution in [0.1, 0.15) is 19.4 Å². The topological polar surface area (TPSA) is 0 Å². The van der Waals surface area contributed by atoms with E-state index >= 15 is 0 Å². The van der Waals surface area contributed by atoms with Crippen LogP contribution < -0.4 is 0 Å². The fourth-order valence-electron chi connectivity index (χ4n) is 0.978. The molecule has 0 aliphatic carbocycles. The Morgan fingerprint density at radius 1 is 1.40 bits per heavy atom. The van der Waals surface area contributed by atoms with Crippen molar-refractivity contribution >= 4 is 0 Å². The first-order valence-electron chi connectivity index (χ1n) is 3.65. The van der Waals surface area contributed by atoms with Crippen molar-refractivity contribution in [3.05, 3.63) is 35.9 Å². The molecule has 1 aromatic rings. The smallest absolute Gasteiger partial charge is 0.00961 e. The summed E-state index contributed by atoms with van der Waals surface area (Å²) in [6.07, 6.45) is 1.14. The van der Waals surface area contributed by atoms with Crippen LogP contribution in [0.2, 0.25) is 0 Å². The van der Waals surface area contributed by atoms with Crippen LogP contribution in [0.5, 0.6) is 0 Å². The molecule has 10 heavy (non-hydrogen) atoms. The molecule has 0 aliphatic heterocycles. The lowest BCUT2D eigenvalue weighted by Crippen LogP contribution is -1.92. The van der Waals surface area contributed by atoms with Gasteiger partial charge in [0.25, 0.3) is 0 Å². The normalized spacial score (nSPS) is 10.3. The average Bonchev–Trinajstić information content (AvgIpc) is 1.88. The van der Waals surface area contributed by atoms with Crippen molar-refractivity contribution in [3.8, 4) is 0 Å². The molecule has 0 bridgehead atoms. The lowest BCUT2D eigenvalue weighted by molar-refractivity contribution is 0.647. The standard InChI is InChI=1S/C10H12/c1-9(2)8-10-6-4-3-5-7-10/h4,6-7,9H,8H2,1-2H3. The lowest BCUT2D eigenvalue weighted by atomic mass is 10.0. The average molecular weight is 132 g/mol. The number of hydrogen-bond acceptors (Lipinski definition) is 0. The monoisotopic (exact) mass is 132 g/mol. The van der Waals surface area contributed by atoms with E-state index < -0.39 is 0 Å². The molecule has 0 heteroatoms. The van der Waals surface area contributed by atoms with Crippen LogP contribution in [0.15, 0.2) is 18.2 Å². The molecule has 52 valence electrons. The van der Waals surface area contributed by atoms with E-state index in [0.717, 1.165) is 12.3 Å². The largest absolute Gasteiger partial charge is 0.0625 e. The van der Waals surface area contributed by atoms with E-state index in [-0.39, 0.29) is 0 Å². The van der Waals surface area contributed by atoms with Gasteiger partial charge in [0.15, 0.2) is 0 Å². The van der Waals surface area contributed by atoms with Crippen LogP contribution in [0.3, 0.4) is 0 Å². The van der Waals surface area contributed by atoms with Crippen molar-refractivity contribution in [2.45, 2.75) is 20.3 Å². The van der Waals surface area contributed by atoms with Crippen LogP contribution in [-0.2, 0) is 6.42 Å². The van der Waals surface area contributed by atoms with Crippen molar-refractivity contribution in [1.82, 2.24) is 0 Å². The molecule has 0 N–H and O–H groups in total. The fraction of sp³-hybridized carbons (Fsp3) is 0.400. The van der Waals surface area contributed by atoms with E-state index in [1.165, 1.54) is 5.56 Å². The van der Waals surface area contributed by atoms with Gasteiger partial charge in [-0.3, -0.25) is 0 Å². The maximum Gasteiger partial charge on any atom is -0.00961 e. The summed E-state index contributed by atoms with van der Waals surface area (Å²) in [5, 5.41) is 0. The lowest BCUT2D eigenvalue weighted by Gasteiger charge is -2.02. The van der Waals surface area contributed by atoms with Crippen molar-refractivity contribution in [2.24, 2.45) is 5.92 Å². The number of hydrogen-bond donors (Lipinski definition) is 0. The second-order valence-corrected chi connectivity index (χ2v) is 2.94. The van der Waals surface area contributed by atoms with Gasteiger partial charge in [0, 0.05) is 0 Å². The van der Waals surface area contributed by atoms with Crippen LogP contribution in [0, 0.1) is 18.1 Å². The Kier molecular flexibility index (Phi) is 2.49. The Balaban J connectivity index is 2.59. The Hall–Kier alpha value is -0.780. The van der Waals surface area contributed by atoms with Crippen molar-refractivity contribution in [3.63, 3.8) is 0 Å². The zero-order valence-corrected chi connectivity index (χ0v) is 6.52. The zero-order valence-electron chi connectivity index (χ0n) is 6.52. The summed E-state index contributed by atoms with van der Waals surface area (Å²) in [5.74, 6) is 0.732. The van der Waals surface area contributed by atoms with Crippen molar-refractivity contribution < 1.29 is 0 Å². The Morgan fingerprint density at radius 2 is 2.20 bits per heavy atom. The van der Waals surface area contributed by atoms with E-state index in [1.54, 1.807) is 0 Å². The molecule has 0 aromatic heterocycles. The molecule has 1 aromatic carbocycles. The molecular weight excluding hydrogens is 120 g/mol. The van der Waals surface area contributed by atoms with Crippen LogP contribution in [0.25, 0.3) is 0 Å². The molecule has 0 unspecified atom stereocenters. The van der Waals surface area contributed by atoms with Gasteiger partial charge < -0.3 is 0 Å². The van der Waals surface area contributed by atoms with Gasteiger partial charge in [0.05, 0.1) is 0 Å². The minimum absolute atomic E-state index is 0.732. The molecule has 0 atom stereocenters. The molecule has 0 amide bonds. The molecule has 0 spiro atoms. The summed E-state index contributed by atoms with van der Waals surface area (Å²) in [5.41, 5.74) is 1.36. The minimum atomic E-state index is 0.732. The summed E-state index contributed by atoms with van der Waals surface area (Å²) in [6.45, 7) is 4.44. The van der Waals surface area contributed by atoms with Gasteiger partial charge in [-0.2, -0.15) is 0 Å². The Morgan fingerprint density at radius 3 is 2.70 bits per heavy atom. The third-order valence-corrected chi connectivity index (χ3v) is 1.37. The maximum atomic E-state index is 2.94. The molecular formula is C10H12. The Bertz CT molecular complexity index is 174. The molecule has 0 nitrogen and oxygen atoms in total. The van der Waals surface area contributed by atoms with Crippen molar-refractivity contribution in [2.75, 3.05) is 0 Å². The fourth-order valence-corrected chi connectivity index (χ4v) is 0.978. The summed E-state index contributed by atoms with van der Waals surface area (Å²) >= 11 is 0. The third-order valence-electron chi connectivity index (χ3n) is 1.37. The van der Waals surface area contributed by atoms with E-state index in [1.807, 2.05) is 12.1 Å².